The van der Waals surface area contributed by atoms with Gasteiger partial charge in [0.2, 0.25) is 11.8 Å². The number of nitrogen functional groups attached to an aromatic ring is 1. The van der Waals surface area contributed by atoms with Crippen LogP contribution in [0.3, 0.4) is 0 Å². The zero-order chi connectivity index (χ0) is 25.1. The molecule has 0 aliphatic carbocycles. The molecule has 1 fully saturated rings. The predicted octanol–water partition coefficient (Wildman–Crippen LogP) is -0.958. The molecule has 0 spiro atoms. The van der Waals surface area contributed by atoms with E-state index in [-0.39, 0.29) is 36.4 Å². The molecule has 192 valence electrons. The highest BCUT2D eigenvalue weighted by molar-refractivity contribution is 5.96. The molecule has 34 heavy (non-hydrogen) atoms. The molecule has 0 aromatic carbocycles. The van der Waals surface area contributed by atoms with Gasteiger partial charge in [-0.1, -0.05) is 13.3 Å². The summed E-state index contributed by atoms with van der Waals surface area (Å²) in [6, 6.07) is 0. The van der Waals surface area contributed by atoms with Crippen molar-refractivity contribution in [3.05, 3.63) is 20.8 Å². The summed E-state index contributed by atoms with van der Waals surface area (Å²) in [6.07, 6.45) is 2.36. The van der Waals surface area contributed by atoms with Gasteiger partial charge in [-0.05, 0) is 19.8 Å². The van der Waals surface area contributed by atoms with Gasteiger partial charge in [-0.15, -0.1) is 0 Å². The Bertz CT molecular complexity index is 921. The highest BCUT2D eigenvalue weighted by Gasteiger charge is 2.26. The van der Waals surface area contributed by atoms with Gasteiger partial charge < -0.3 is 20.7 Å². The van der Waals surface area contributed by atoms with Crippen LogP contribution in [0.15, 0.2) is 9.59 Å². The SMILES string of the molecule is CCCCn1c(N)c(N(CC)C(=O)CN2CCN(CC(=O)NCCCOC)CC2)c(=O)[nH]c1=O. The number of nitrogens with one attached hydrogen (secondary N) is 2. The average molecular weight is 482 g/mol. The zero-order valence-corrected chi connectivity index (χ0v) is 20.6. The minimum absolute atomic E-state index is 0.0127. The third kappa shape index (κ3) is 7.67. The Morgan fingerprint density at radius 1 is 1.09 bits per heavy atom. The lowest BCUT2D eigenvalue weighted by molar-refractivity contribution is -0.124. The Balaban J connectivity index is 1.95. The second kappa shape index (κ2) is 13.9. The van der Waals surface area contributed by atoms with Gasteiger partial charge in [0, 0.05) is 59.5 Å². The van der Waals surface area contributed by atoms with Crippen LogP contribution in [-0.2, 0) is 20.9 Å². The smallest absolute Gasteiger partial charge is 0.330 e. The van der Waals surface area contributed by atoms with Crippen molar-refractivity contribution >= 4 is 23.3 Å². The van der Waals surface area contributed by atoms with E-state index >= 15 is 0 Å². The van der Waals surface area contributed by atoms with E-state index < -0.39 is 11.2 Å². The van der Waals surface area contributed by atoms with E-state index in [9.17, 15) is 19.2 Å². The van der Waals surface area contributed by atoms with Crippen molar-refractivity contribution in [3.8, 4) is 0 Å². The second-order valence-corrected chi connectivity index (χ2v) is 8.38. The van der Waals surface area contributed by atoms with E-state index in [1.165, 1.54) is 9.47 Å². The fraction of sp³-hybridized carbons (Fsp3) is 0.727. The molecule has 0 unspecified atom stereocenters. The van der Waals surface area contributed by atoms with Crippen molar-refractivity contribution in [1.82, 2.24) is 24.7 Å². The molecular formula is C22H39N7O5. The molecular weight excluding hydrogens is 442 g/mol. The normalized spacial score (nSPS) is 14.8. The van der Waals surface area contributed by atoms with Crippen LogP contribution < -0.4 is 27.2 Å². The lowest BCUT2D eigenvalue weighted by Gasteiger charge is -2.35. The van der Waals surface area contributed by atoms with Crippen LogP contribution in [0, 0.1) is 0 Å². The number of nitrogens with two attached hydrogens (primary N) is 1. The summed E-state index contributed by atoms with van der Waals surface area (Å²) in [5.41, 5.74) is 4.97. The van der Waals surface area contributed by atoms with Gasteiger partial charge in [-0.3, -0.25) is 33.7 Å². The highest BCUT2D eigenvalue weighted by Crippen LogP contribution is 2.17. The van der Waals surface area contributed by atoms with Crippen LogP contribution in [0.2, 0.25) is 0 Å². The van der Waals surface area contributed by atoms with Crippen molar-refractivity contribution in [1.29, 1.82) is 0 Å². The molecule has 1 aromatic heterocycles. The molecule has 1 aliphatic rings. The Morgan fingerprint density at radius 3 is 2.32 bits per heavy atom. The van der Waals surface area contributed by atoms with Crippen LogP contribution in [-0.4, -0.2) is 97.2 Å². The molecule has 0 bridgehead atoms. The monoisotopic (exact) mass is 481 g/mol. The first-order valence-corrected chi connectivity index (χ1v) is 12.0. The number of anilines is 2. The topological polar surface area (TPSA) is 146 Å². The predicted molar refractivity (Wildman–Crippen MR) is 131 cm³/mol. The quantitative estimate of drug-likeness (QED) is 0.306. The summed E-state index contributed by atoms with van der Waals surface area (Å²) in [5.74, 6) is -0.269. The van der Waals surface area contributed by atoms with E-state index in [2.05, 4.69) is 15.2 Å². The fourth-order valence-corrected chi connectivity index (χ4v) is 3.92. The van der Waals surface area contributed by atoms with Crippen LogP contribution in [0.5, 0.6) is 0 Å². The number of unbranched alkanes of at least 4 members (excludes halogenated alkanes) is 1. The van der Waals surface area contributed by atoms with Crippen LogP contribution >= 0.6 is 0 Å². The van der Waals surface area contributed by atoms with Gasteiger partial charge in [0.25, 0.3) is 5.56 Å². The Kier molecular flexibility index (Phi) is 11.2. The van der Waals surface area contributed by atoms with Gasteiger partial charge >= 0.3 is 5.69 Å². The van der Waals surface area contributed by atoms with Crippen molar-refractivity contribution < 1.29 is 14.3 Å². The molecule has 4 N–H and O–H groups in total. The number of piperazine rings is 1. The number of amides is 2. The van der Waals surface area contributed by atoms with E-state index in [4.69, 9.17) is 10.5 Å². The van der Waals surface area contributed by atoms with Crippen molar-refractivity contribution in [2.75, 3.05) is 76.7 Å². The number of aromatic nitrogens is 2. The number of H-pyrrole nitrogens is 1. The Hall–Kier alpha value is -2.70. The maximum Gasteiger partial charge on any atom is 0.330 e. The second-order valence-electron chi connectivity index (χ2n) is 8.38. The number of hydrogen-bond acceptors (Lipinski definition) is 8. The maximum atomic E-state index is 13.1. The number of nitrogens with zero attached hydrogens (tertiary/aromatic N) is 4. The number of carbonyl (C=O) groups excluding carboxylic acids is 2. The summed E-state index contributed by atoms with van der Waals surface area (Å²) >= 11 is 0. The molecule has 0 saturated carbocycles. The third-order valence-corrected chi connectivity index (χ3v) is 5.87. The molecule has 2 amide bonds. The van der Waals surface area contributed by atoms with Crippen molar-refractivity contribution in [3.63, 3.8) is 0 Å². The maximum absolute atomic E-state index is 13.1. The molecule has 1 saturated heterocycles. The number of ether oxygens (including phenoxy) is 1. The minimum atomic E-state index is -0.660. The van der Waals surface area contributed by atoms with E-state index in [1.807, 2.05) is 11.8 Å². The van der Waals surface area contributed by atoms with Crippen molar-refractivity contribution in [2.45, 2.75) is 39.7 Å². The Labute approximate surface area is 200 Å². The lowest BCUT2D eigenvalue weighted by atomic mass is 10.2. The van der Waals surface area contributed by atoms with E-state index in [0.29, 0.717) is 52.4 Å². The first-order valence-electron chi connectivity index (χ1n) is 12.0. The van der Waals surface area contributed by atoms with Gasteiger partial charge in [-0.25, -0.2) is 4.79 Å². The lowest BCUT2D eigenvalue weighted by Crippen LogP contribution is -2.52. The first-order chi connectivity index (χ1) is 16.3. The summed E-state index contributed by atoms with van der Waals surface area (Å²) in [6.45, 7) is 8.60. The first kappa shape index (κ1) is 27.5. The van der Waals surface area contributed by atoms with Crippen LogP contribution in [0.4, 0.5) is 11.5 Å². The summed E-state index contributed by atoms with van der Waals surface area (Å²) in [4.78, 5) is 57.6. The summed E-state index contributed by atoms with van der Waals surface area (Å²) in [5, 5.41) is 2.88. The number of likely N-dealkylation sites (N-methyl/N-ethyl adjacent to an activating group) is 1. The van der Waals surface area contributed by atoms with Crippen LogP contribution in [0.1, 0.15) is 33.1 Å². The number of methoxy groups -OCH3 is 1. The zero-order valence-electron chi connectivity index (χ0n) is 20.6. The van der Waals surface area contributed by atoms with Gasteiger partial charge in [0.15, 0.2) is 5.69 Å². The average Bonchev–Trinajstić information content (AvgIpc) is 2.80. The number of hydrogen-bond donors (Lipinski definition) is 3. The molecule has 12 nitrogen and oxygen atoms in total. The number of rotatable bonds is 13. The minimum Gasteiger partial charge on any atom is -0.385 e. The molecule has 0 atom stereocenters. The molecule has 12 heteroatoms. The largest absolute Gasteiger partial charge is 0.385 e. The van der Waals surface area contributed by atoms with E-state index in [1.54, 1.807) is 14.0 Å². The van der Waals surface area contributed by atoms with Gasteiger partial charge in [-0.2, -0.15) is 0 Å². The van der Waals surface area contributed by atoms with Gasteiger partial charge in [0.1, 0.15) is 5.82 Å². The van der Waals surface area contributed by atoms with Crippen molar-refractivity contribution in [2.24, 2.45) is 0 Å². The van der Waals surface area contributed by atoms with Gasteiger partial charge in [0.05, 0.1) is 13.1 Å². The molecule has 2 rings (SSSR count). The fourth-order valence-electron chi connectivity index (χ4n) is 3.92. The molecule has 2 heterocycles. The van der Waals surface area contributed by atoms with Crippen LogP contribution in [0.25, 0.3) is 0 Å². The summed E-state index contributed by atoms with van der Waals surface area (Å²) < 4.78 is 6.29. The number of aromatic amines is 1. The van der Waals surface area contributed by atoms with E-state index in [0.717, 1.165) is 19.3 Å². The molecule has 1 aromatic rings. The molecule has 1 aliphatic heterocycles. The molecule has 0 radical (unpaired) electrons. The number of carbonyl (C=O) groups is 2. The standard InChI is InChI=1S/C22H39N7O5/c1-4-6-9-29-20(23)19(21(32)25-22(29)33)28(5-2)18(31)16-27-12-10-26(11-13-27)15-17(30)24-8-7-14-34-3/h4-16,23H2,1-3H3,(H,24,30)(H,25,32,33). The Morgan fingerprint density at radius 2 is 1.74 bits per heavy atom. The highest BCUT2D eigenvalue weighted by atomic mass is 16.5. The third-order valence-electron chi connectivity index (χ3n) is 5.87. The summed E-state index contributed by atoms with van der Waals surface area (Å²) in [7, 11) is 1.63.